The topological polar surface area (TPSA) is 35.6 Å². The number of likely N-dealkylation sites (N-methyl/N-ethyl adjacent to an activating group) is 1. The molecule has 4 nitrogen and oxygen atoms in total. The van der Waals surface area contributed by atoms with Crippen molar-refractivity contribution in [1.29, 1.82) is 0 Å². The summed E-state index contributed by atoms with van der Waals surface area (Å²) in [6.07, 6.45) is -3.59. The molecule has 0 saturated carbocycles. The first kappa shape index (κ1) is 22.3. The van der Waals surface area contributed by atoms with E-state index in [9.17, 15) is 18.0 Å². The number of halogens is 3. The van der Waals surface area contributed by atoms with Gasteiger partial charge < -0.3 is 10.2 Å². The summed E-state index contributed by atoms with van der Waals surface area (Å²) < 4.78 is 41.2. The number of nitrogens with zero attached hydrogens (tertiary/aromatic N) is 2. The van der Waals surface area contributed by atoms with E-state index in [1.165, 1.54) is 12.1 Å². The summed E-state index contributed by atoms with van der Waals surface area (Å²) in [7, 11) is 3.97. The number of aryl methyl sites for hydroxylation is 2. The molecule has 3 rings (SSSR count). The Kier molecular flexibility index (Phi) is 6.53. The van der Waals surface area contributed by atoms with Gasteiger partial charge in [0.15, 0.2) is 0 Å². The van der Waals surface area contributed by atoms with Crippen LogP contribution in [0.15, 0.2) is 36.4 Å². The van der Waals surface area contributed by atoms with Gasteiger partial charge >= 0.3 is 6.18 Å². The number of hydrogen-bond donors (Lipinski definition) is 1. The van der Waals surface area contributed by atoms with Crippen LogP contribution in [0.4, 0.5) is 18.9 Å². The Morgan fingerprint density at radius 2 is 1.87 bits per heavy atom. The molecular formula is C23H28F3N3O. The van der Waals surface area contributed by atoms with Gasteiger partial charge in [0.2, 0.25) is 0 Å². The van der Waals surface area contributed by atoms with E-state index in [1.807, 2.05) is 38.9 Å². The van der Waals surface area contributed by atoms with E-state index in [1.54, 1.807) is 12.1 Å². The molecular weight excluding hydrogens is 391 g/mol. The van der Waals surface area contributed by atoms with E-state index in [2.05, 4.69) is 10.2 Å². The van der Waals surface area contributed by atoms with Gasteiger partial charge in [-0.1, -0.05) is 12.1 Å². The lowest BCUT2D eigenvalue weighted by molar-refractivity contribution is -0.138. The highest BCUT2D eigenvalue weighted by atomic mass is 19.4. The molecule has 0 aromatic heterocycles. The van der Waals surface area contributed by atoms with Crippen LogP contribution in [0.5, 0.6) is 0 Å². The Balaban J connectivity index is 1.80. The lowest BCUT2D eigenvalue weighted by atomic mass is 10.0. The lowest BCUT2D eigenvalue weighted by Crippen LogP contribution is -2.31. The first-order chi connectivity index (χ1) is 14.0. The molecule has 1 N–H and O–H groups in total. The number of amides is 1. The second-order valence-electron chi connectivity index (χ2n) is 8.26. The molecule has 30 heavy (non-hydrogen) atoms. The van der Waals surface area contributed by atoms with E-state index in [4.69, 9.17) is 0 Å². The molecule has 1 fully saturated rings. The lowest BCUT2D eigenvalue weighted by Gasteiger charge is -2.22. The maximum Gasteiger partial charge on any atom is 0.416 e. The Hall–Kier alpha value is -2.38. The van der Waals surface area contributed by atoms with Gasteiger partial charge in [0.25, 0.3) is 5.91 Å². The van der Waals surface area contributed by atoms with Gasteiger partial charge in [-0.25, -0.2) is 0 Å². The second kappa shape index (κ2) is 8.78. The van der Waals surface area contributed by atoms with Crippen LogP contribution in [0.3, 0.4) is 0 Å². The van der Waals surface area contributed by atoms with Gasteiger partial charge in [-0.05, 0) is 75.3 Å². The minimum absolute atomic E-state index is 0.00288. The van der Waals surface area contributed by atoms with Crippen molar-refractivity contribution < 1.29 is 18.0 Å². The maximum atomic E-state index is 13.7. The number of carbonyl (C=O) groups excluding carboxylic acids is 1. The van der Waals surface area contributed by atoms with Crippen LogP contribution in [0, 0.1) is 13.8 Å². The number of nitrogens with one attached hydrogen (secondary N) is 1. The Morgan fingerprint density at radius 1 is 1.13 bits per heavy atom. The molecule has 162 valence electrons. The van der Waals surface area contributed by atoms with Gasteiger partial charge in [-0.15, -0.1) is 0 Å². The van der Waals surface area contributed by atoms with Crippen molar-refractivity contribution in [2.75, 3.05) is 32.5 Å². The highest BCUT2D eigenvalue weighted by molar-refractivity contribution is 6.04. The number of rotatable bonds is 5. The SMILES string of the molecule is Cc1ccc(NC(=O)c2ccc(CN3CCC(N(C)C)C3)c(C(F)(F)F)c2)cc1C. The highest BCUT2D eigenvalue weighted by Gasteiger charge is 2.35. The number of anilines is 1. The van der Waals surface area contributed by atoms with Crippen molar-refractivity contribution in [3.8, 4) is 0 Å². The second-order valence-corrected chi connectivity index (χ2v) is 8.26. The molecule has 0 aliphatic carbocycles. The van der Waals surface area contributed by atoms with Gasteiger partial charge in [0.1, 0.15) is 0 Å². The molecule has 1 amide bonds. The molecule has 2 aromatic carbocycles. The molecule has 1 heterocycles. The molecule has 1 aliphatic heterocycles. The summed E-state index contributed by atoms with van der Waals surface area (Å²) in [6, 6.07) is 9.63. The maximum absolute atomic E-state index is 13.7. The van der Waals surface area contributed by atoms with Crippen LogP contribution in [0.2, 0.25) is 0 Å². The van der Waals surface area contributed by atoms with Crippen molar-refractivity contribution in [3.63, 3.8) is 0 Å². The van der Waals surface area contributed by atoms with Gasteiger partial charge in [-0.3, -0.25) is 9.69 Å². The Labute approximate surface area is 175 Å². The minimum atomic E-state index is -4.52. The summed E-state index contributed by atoms with van der Waals surface area (Å²) in [4.78, 5) is 16.7. The summed E-state index contributed by atoms with van der Waals surface area (Å²) in [6.45, 7) is 5.59. The van der Waals surface area contributed by atoms with Crippen molar-refractivity contribution in [2.24, 2.45) is 0 Å². The summed E-state index contributed by atoms with van der Waals surface area (Å²) in [5.74, 6) is -0.552. The van der Waals surface area contributed by atoms with Crippen molar-refractivity contribution >= 4 is 11.6 Å². The van der Waals surface area contributed by atoms with Crippen LogP contribution in [-0.4, -0.2) is 48.9 Å². The predicted molar refractivity (Wildman–Crippen MR) is 113 cm³/mol. The van der Waals surface area contributed by atoms with Crippen LogP contribution in [0.25, 0.3) is 0 Å². The van der Waals surface area contributed by atoms with Crippen LogP contribution >= 0.6 is 0 Å². The summed E-state index contributed by atoms with van der Waals surface area (Å²) in [5, 5.41) is 2.69. The standard InChI is InChI=1S/C23H28F3N3O/c1-15-5-8-19(11-16(15)2)27-22(30)17-6-7-18(21(12-17)23(24,25)26)13-29-10-9-20(14-29)28(3)4/h5-8,11-12,20H,9-10,13-14H2,1-4H3,(H,27,30). The molecule has 7 heteroatoms. The Morgan fingerprint density at radius 3 is 2.47 bits per heavy atom. The quantitative estimate of drug-likeness (QED) is 0.762. The molecule has 0 radical (unpaired) electrons. The zero-order chi connectivity index (χ0) is 22.1. The average Bonchev–Trinajstić information content (AvgIpc) is 3.13. The van der Waals surface area contributed by atoms with Crippen LogP contribution < -0.4 is 5.32 Å². The molecule has 0 bridgehead atoms. The minimum Gasteiger partial charge on any atom is -0.322 e. The first-order valence-electron chi connectivity index (χ1n) is 10.0. The van der Waals surface area contributed by atoms with Crippen LogP contribution in [-0.2, 0) is 12.7 Å². The normalized spacial score (nSPS) is 17.5. The molecule has 1 atom stereocenters. The van der Waals surface area contributed by atoms with Crippen LogP contribution in [0.1, 0.15) is 39.0 Å². The van der Waals surface area contributed by atoms with Gasteiger partial charge in [0, 0.05) is 36.9 Å². The zero-order valence-corrected chi connectivity index (χ0v) is 17.8. The Bertz CT molecular complexity index is 924. The van der Waals surface area contributed by atoms with Gasteiger partial charge in [-0.2, -0.15) is 13.2 Å². The third-order valence-corrected chi connectivity index (χ3v) is 5.81. The molecule has 1 aliphatic rings. The van der Waals surface area contributed by atoms with E-state index < -0.39 is 17.6 Å². The molecule has 1 unspecified atom stereocenters. The van der Waals surface area contributed by atoms with E-state index in [-0.39, 0.29) is 17.7 Å². The number of carbonyl (C=O) groups is 1. The largest absolute Gasteiger partial charge is 0.416 e. The highest BCUT2D eigenvalue weighted by Crippen LogP contribution is 2.34. The van der Waals surface area contributed by atoms with E-state index in [0.29, 0.717) is 11.7 Å². The molecule has 2 aromatic rings. The van der Waals surface area contributed by atoms with Crippen molar-refractivity contribution in [1.82, 2.24) is 9.80 Å². The molecule has 1 saturated heterocycles. The fourth-order valence-corrected chi connectivity index (χ4v) is 3.76. The third-order valence-electron chi connectivity index (χ3n) is 5.81. The fraction of sp³-hybridized carbons (Fsp3) is 0.435. The number of hydrogen-bond acceptors (Lipinski definition) is 3. The number of alkyl halides is 3. The predicted octanol–water partition coefficient (Wildman–Crippen LogP) is 4.71. The fourth-order valence-electron chi connectivity index (χ4n) is 3.76. The van der Waals surface area contributed by atoms with E-state index >= 15 is 0 Å². The molecule has 0 spiro atoms. The number of likely N-dealkylation sites (tertiary alicyclic amines) is 1. The smallest absolute Gasteiger partial charge is 0.322 e. The summed E-state index contributed by atoms with van der Waals surface area (Å²) >= 11 is 0. The average molecular weight is 419 g/mol. The van der Waals surface area contributed by atoms with E-state index in [0.717, 1.165) is 36.7 Å². The van der Waals surface area contributed by atoms with Crippen molar-refractivity contribution in [2.45, 2.75) is 39.0 Å². The monoisotopic (exact) mass is 419 g/mol. The van der Waals surface area contributed by atoms with Crippen molar-refractivity contribution in [3.05, 3.63) is 64.2 Å². The zero-order valence-electron chi connectivity index (χ0n) is 17.8. The third kappa shape index (κ3) is 5.21. The number of benzene rings is 2. The first-order valence-corrected chi connectivity index (χ1v) is 10.0. The summed E-state index contributed by atoms with van der Waals surface area (Å²) in [5.41, 5.74) is 2.09. The van der Waals surface area contributed by atoms with Gasteiger partial charge in [0.05, 0.1) is 5.56 Å².